The smallest absolute Gasteiger partial charge is 0.0701 e. The molecule has 0 aliphatic carbocycles. The summed E-state index contributed by atoms with van der Waals surface area (Å²) in [5.41, 5.74) is 14.3. The minimum absolute atomic E-state index is 0.661. The molecule has 0 heteroatoms. The van der Waals surface area contributed by atoms with E-state index in [1.807, 2.05) is 97.1 Å². The maximum absolute atomic E-state index is 5.73. The van der Waals surface area contributed by atoms with Gasteiger partial charge in [-0.15, -0.1) is 51.4 Å². The van der Waals surface area contributed by atoms with Gasteiger partial charge in [0.1, 0.15) is 0 Å². The van der Waals surface area contributed by atoms with E-state index in [0.29, 0.717) is 44.5 Å². The first-order chi connectivity index (χ1) is 35.7. The molecule has 0 spiro atoms. The Bertz CT molecular complexity index is 3450. The topological polar surface area (TPSA) is 0 Å². The third-order valence-corrected chi connectivity index (χ3v) is 11.7. The van der Waals surface area contributed by atoms with Gasteiger partial charge in [-0.3, -0.25) is 0 Å². The van der Waals surface area contributed by atoms with Gasteiger partial charge >= 0.3 is 0 Å². The van der Waals surface area contributed by atoms with Gasteiger partial charge in [-0.2, -0.15) is 0 Å². The van der Waals surface area contributed by atoms with Crippen LogP contribution >= 0.6 is 0 Å². The summed E-state index contributed by atoms with van der Waals surface area (Å²) < 4.78 is 0. The van der Waals surface area contributed by atoms with Crippen molar-refractivity contribution in [3.05, 3.63) is 281 Å². The van der Waals surface area contributed by atoms with E-state index >= 15 is 0 Å². The van der Waals surface area contributed by atoms with Crippen molar-refractivity contribution in [1.29, 1.82) is 0 Å². The Hall–Kier alpha value is -11.5. The van der Waals surface area contributed by atoms with Crippen LogP contribution in [0.3, 0.4) is 0 Å². The molecule has 0 fully saturated rings. The quantitative estimate of drug-likeness (QED) is 0.122. The molecule has 8 aromatic carbocycles. The number of terminal acetylenes is 8. The molecule has 0 aliphatic rings. The maximum atomic E-state index is 5.73. The fraction of sp³-hybridized carbons (Fsp3) is 0.0137. The van der Waals surface area contributed by atoms with Crippen LogP contribution in [0.25, 0.3) is 0 Å². The summed E-state index contributed by atoms with van der Waals surface area (Å²) in [6.45, 7) is 0. The van der Waals surface area contributed by atoms with Crippen molar-refractivity contribution in [3.8, 4) is 146 Å². The fourth-order valence-electron chi connectivity index (χ4n) is 8.26. The molecule has 73 heavy (non-hydrogen) atoms. The summed E-state index contributed by atoms with van der Waals surface area (Å²) >= 11 is 0. The molecule has 0 heterocycles. The molecule has 0 aliphatic heterocycles. The fourth-order valence-corrected chi connectivity index (χ4v) is 8.26. The molecular formula is C73H36. The average Bonchev–Trinajstić information content (AvgIpc) is 3.45. The minimum Gasteiger partial charge on any atom is -0.115 e. The zero-order valence-corrected chi connectivity index (χ0v) is 39.3. The van der Waals surface area contributed by atoms with E-state index in [0.717, 1.165) is 66.8 Å². The van der Waals surface area contributed by atoms with Crippen molar-refractivity contribution >= 4 is 0 Å². The van der Waals surface area contributed by atoms with E-state index in [-0.39, 0.29) is 0 Å². The van der Waals surface area contributed by atoms with Crippen molar-refractivity contribution in [3.63, 3.8) is 0 Å². The molecule has 0 bridgehead atoms. The summed E-state index contributed by atoms with van der Waals surface area (Å²) in [4.78, 5) is 0. The van der Waals surface area contributed by atoms with Crippen molar-refractivity contribution in [2.24, 2.45) is 0 Å². The first kappa shape index (κ1) is 48.0. The van der Waals surface area contributed by atoms with Gasteiger partial charge in [-0.05, 0) is 144 Å². The third-order valence-electron chi connectivity index (χ3n) is 11.7. The van der Waals surface area contributed by atoms with Crippen molar-refractivity contribution in [1.82, 2.24) is 0 Å². The van der Waals surface area contributed by atoms with Crippen LogP contribution in [0.5, 0.6) is 0 Å². The Kier molecular flexibility index (Phi) is 14.5. The molecule has 0 amide bonds. The van der Waals surface area contributed by atoms with Crippen LogP contribution in [0, 0.1) is 146 Å². The van der Waals surface area contributed by atoms with Crippen LogP contribution in [0.4, 0.5) is 0 Å². The predicted octanol–water partition coefficient (Wildman–Crippen LogP) is 11.5. The lowest BCUT2D eigenvalue weighted by Gasteiger charge is -2.37. The number of hydrogen-bond acceptors (Lipinski definition) is 0. The second-order valence-corrected chi connectivity index (χ2v) is 16.4. The Morgan fingerprint density at radius 1 is 0.178 bits per heavy atom. The van der Waals surface area contributed by atoms with Gasteiger partial charge in [-0.1, -0.05) is 143 Å². The standard InChI is InChI=1S/C73H36/c1-9-53-41-54(10-2)46-65(45-53)21-17-61-25-33-69(34-26-61)73(70-35-27-62(28-36-70)18-22-66-47-55(11-3)42-56(12-4)48-66,71-37-29-63(30-38-71)19-23-67-49-57(13-5)43-58(14-6)50-67)72-39-31-64(32-40-72)20-24-68-51-59(15-7)44-60(16-8)52-68/h1-8,25-52H. The Balaban J connectivity index is 1.30. The monoisotopic (exact) mass is 912 g/mol. The first-order valence-electron chi connectivity index (χ1n) is 22.5. The lowest BCUT2D eigenvalue weighted by molar-refractivity contribution is 0.744. The molecule has 0 unspecified atom stereocenters. The molecule has 0 atom stereocenters. The highest BCUT2D eigenvalue weighted by atomic mass is 14.4. The third kappa shape index (κ3) is 11.1. The predicted molar refractivity (Wildman–Crippen MR) is 298 cm³/mol. The van der Waals surface area contributed by atoms with Gasteiger partial charge in [0.2, 0.25) is 0 Å². The van der Waals surface area contributed by atoms with Crippen LogP contribution in [-0.2, 0) is 5.41 Å². The molecule has 8 rings (SSSR count). The Morgan fingerprint density at radius 2 is 0.315 bits per heavy atom. The molecule has 0 saturated heterocycles. The number of rotatable bonds is 4. The van der Waals surface area contributed by atoms with Crippen LogP contribution in [0.15, 0.2) is 170 Å². The largest absolute Gasteiger partial charge is 0.115 e. The Morgan fingerprint density at radius 3 is 0.466 bits per heavy atom. The highest BCUT2D eigenvalue weighted by Gasteiger charge is 2.38. The first-order valence-corrected chi connectivity index (χ1v) is 22.5. The van der Waals surface area contributed by atoms with E-state index in [1.54, 1.807) is 24.3 Å². The van der Waals surface area contributed by atoms with E-state index in [2.05, 4.69) is 143 Å². The molecular weight excluding hydrogens is 877 g/mol. The summed E-state index contributed by atoms with van der Waals surface area (Å²) in [5, 5.41) is 0. The highest BCUT2D eigenvalue weighted by molar-refractivity contribution is 5.64. The van der Waals surface area contributed by atoms with Gasteiger partial charge in [0, 0.05) is 89.0 Å². The van der Waals surface area contributed by atoms with Crippen molar-refractivity contribution in [2.75, 3.05) is 0 Å². The van der Waals surface area contributed by atoms with Gasteiger partial charge < -0.3 is 0 Å². The zero-order valence-electron chi connectivity index (χ0n) is 39.3. The Labute approximate surface area is 430 Å². The molecule has 0 N–H and O–H groups in total. The summed E-state index contributed by atoms with van der Waals surface area (Å²) in [7, 11) is 0. The summed E-state index contributed by atoms with van der Waals surface area (Å²) in [6, 6.07) is 54.9. The number of benzene rings is 8. The van der Waals surface area contributed by atoms with E-state index < -0.39 is 5.41 Å². The summed E-state index contributed by atoms with van der Waals surface area (Å²) in [5.74, 6) is 47.6. The number of hydrogen-bond donors (Lipinski definition) is 0. The van der Waals surface area contributed by atoms with E-state index in [1.165, 1.54) is 0 Å². The highest BCUT2D eigenvalue weighted by Crippen LogP contribution is 2.45. The van der Waals surface area contributed by atoms with Crippen LogP contribution in [0.1, 0.15) is 111 Å². The molecule has 0 nitrogen and oxygen atoms in total. The maximum Gasteiger partial charge on any atom is 0.0701 e. The molecule has 0 radical (unpaired) electrons. The second kappa shape index (κ2) is 22.1. The van der Waals surface area contributed by atoms with Crippen molar-refractivity contribution < 1.29 is 0 Å². The van der Waals surface area contributed by atoms with E-state index in [9.17, 15) is 0 Å². The van der Waals surface area contributed by atoms with E-state index in [4.69, 9.17) is 51.4 Å². The normalized spacial score (nSPS) is 9.64. The van der Waals surface area contributed by atoms with Gasteiger partial charge in [0.25, 0.3) is 0 Å². The molecule has 0 saturated carbocycles. The average molecular weight is 913 g/mol. The van der Waals surface area contributed by atoms with Gasteiger partial charge in [-0.25, -0.2) is 0 Å². The SMILES string of the molecule is C#Cc1cc(C#C)cc(C#Cc2ccc(C(c3ccc(C#Cc4cc(C#C)cc(C#C)c4)cc3)(c3ccc(C#Cc4cc(C#C)cc(C#C)c4)cc3)c3ccc(C#Cc4cc(C#C)cc(C#C)c4)cc3)cc2)c1. The van der Waals surface area contributed by atoms with Crippen LogP contribution in [0.2, 0.25) is 0 Å². The zero-order chi connectivity index (χ0) is 51.2. The van der Waals surface area contributed by atoms with Crippen LogP contribution < -0.4 is 0 Å². The van der Waals surface area contributed by atoms with Gasteiger partial charge in [0.15, 0.2) is 0 Å². The second-order valence-electron chi connectivity index (χ2n) is 16.4. The molecule has 8 aromatic rings. The lowest BCUT2D eigenvalue weighted by atomic mass is 9.65. The lowest BCUT2D eigenvalue weighted by Crippen LogP contribution is -2.31. The minimum atomic E-state index is -0.910. The van der Waals surface area contributed by atoms with Gasteiger partial charge in [0.05, 0.1) is 5.41 Å². The summed E-state index contributed by atoms with van der Waals surface area (Å²) in [6.07, 6.45) is 45.8. The van der Waals surface area contributed by atoms with Crippen molar-refractivity contribution in [2.45, 2.75) is 5.41 Å². The molecule has 328 valence electrons. The molecule has 0 aromatic heterocycles. The van der Waals surface area contributed by atoms with Crippen LogP contribution in [-0.4, -0.2) is 0 Å².